The monoisotopic (exact) mass is 389 g/mol. The van der Waals surface area contributed by atoms with Crippen LogP contribution in [0.5, 0.6) is 0 Å². The average Bonchev–Trinajstić information content (AvgIpc) is 2.53. The maximum atomic E-state index is 12.9. The van der Waals surface area contributed by atoms with Gasteiger partial charge in [-0.05, 0) is 43.4 Å². The number of halogens is 1. The van der Waals surface area contributed by atoms with Crippen LogP contribution < -0.4 is 11.1 Å². The zero-order valence-electron chi connectivity index (χ0n) is 14.9. The zero-order valence-corrected chi connectivity index (χ0v) is 16.6. The summed E-state index contributed by atoms with van der Waals surface area (Å²) in [5.41, 5.74) is 5.83. The molecule has 0 bridgehead atoms. The first kappa shape index (κ1) is 21.9. The molecule has 3 N–H and O–H groups in total. The number of carbonyl (C=O) groups is 1. The summed E-state index contributed by atoms with van der Waals surface area (Å²) in [7, 11) is -3.59. The summed E-state index contributed by atoms with van der Waals surface area (Å²) in [6.45, 7) is 7.30. The summed E-state index contributed by atoms with van der Waals surface area (Å²) in [5, 5.41) is 2.75. The zero-order chi connectivity index (χ0) is 17.9. The molecule has 2 unspecified atom stereocenters. The van der Waals surface area contributed by atoms with Crippen molar-refractivity contribution in [2.45, 2.75) is 38.1 Å². The molecule has 0 radical (unpaired) electrons. The third-order valence-corrected chi connectivity index (χ3v) is 6.13. The molecule has 6 nitrogen and oxygen atoms in total. The highest BCUT2D eigenvalue weighted by Gasteiger charge is 2.31. The number of amides is 1. The van der Waals surface area contributed by atoms with Crippen molar-refractivity contribution in [3.05, 3.63) is 29.8 Å². The van der Waals surface area contributed by atoms with Crippen molar-refractivity contribution in [3.63, 3.8) is 0 Å². The Labute approximate surface area is 156 Å². The van der Waals surface area contributed by atoms with E-state index in [1.807, 2.05) is 0 Å². The first-order valence-electron chi connectivity index (χ1n) is 8.35. The molecular weight excluding hydrogens is 362 g/mol. The van der Waals surface area contributed by atoms with Gasteiger partial charge in [-0.15, -0.1) is 12.4 Å². The number of benzene rings is 1. The Balaban J connectivity index is 0.00000312. The molecule has 2 rings (SSSR count). The van der Waals surface area contributed by atoms with E-state index in [2.05, 4.69) is 19.2 Å². The van der Waals surface area contributed by atoms with E-state index >= 15 is 0 Å². The second-order valence-electron chi connectivity index (χ2n) is 6.91. The lowest BCUT2D eigenvalue weighted by molar-refractivity contribution is 0.0941. The van der Waals surface area contributed by atoms with Crippen LogP contribution in [0.25, 0.3) is 0 Å². The second kappa shape index (κ2) is 8.98. The maximum absolute atomic E-state index is 12.9. The predicted octanol–water partition coefficient (Wildman–Crippen LogP) is 1.85. The van der Waals surface area contributed by atoms with Crippen molar-refractivity contribution in [3.8, 4) is 0 Å². The first-order valence-corrected chi connectivity index (χ1v) is 9.79. The van der Waals surface area contributed by atoms with Crippen molar-refractivity contribution in [2.24, 2.45) is 17.6 Å². The molecule has 142 valence electrons. The highest BCUT2D eigenvalue weighted by Crippen LogP contribution is 2.27. The lowest BCUT2D eigenvalue weighted by atomic mass is 9.94. The molecule has 8 heteroatoms. The van der Waals surface area contributed by atoms with Crippen molar-refractivity contribution in [1.29, 1.82) is 0 Å². The Bertz CT molecular complexity index is 686. The Morgan fingerprint density at radius 1 is 1.32 bits per heavy atom. The topological polar surface area (TPSA) is 92.5 Å². The van der Waals surface area contributed by atoms with Gasteiger partial charge in [0.05, 0.1) is 4.90 Å². The van der Waals surface area contributed by atoms with Gasteiger partial charge in [-0.2, -0.15) is 4.31 Å². The van der Waals surface area contributed by atoms with Gasteiger partial charge in [0.25, 0.3) is 5.91 Å². The summed E-state index contributed by atoms with van der Waals surface area (Å²) >= 11 is 0. The second-order valence-corrected chi connectivity index (χ2v) is 8.84. The van der Waals surface area contributed by atoms with Gasteiger partial charge in [-0.25, -0.2) is 8.42 Å². The van der Waals surface area contributed by atoms with Crippen LogP contribution in [0.2, 0.25) is 0 Å². The van der Waals surface area contributed by atoms with Crippen LogP contribution in [0.15, 0.2) is 29.2 Å². The molecular formula is C17H28ClN3O3S. The standard InChI is InChI=1S/C17H27N3O3S.ClH/c1-12-7-13(2)11-20(10-12)24(22,23)16-6-4-5-15(8-16)17(21)19-14(3)9-18;/h4-6,8,12-14H,7,9-11,18H2,1-3H3,(H,19,21);1H/t12?,13?,14-;/m0./s1. The molecule has 1 aliphatic heterocycles. The molecule has 1 fully saturated rings. The molecule has 0 saturated carbocycles. The third kappa shape index (κ3) is 5.41. The molecule has 1 heterocycles. The Kier molecular flexibility index (Phi) is 7.87. The molecule has 1 aromatic rings. The number of hydrogen-bond acceptors (Lipinski definition) is 4. The molecule has 0 aliphatic carbocycles. The number of piperidine rings is 1. The normalized spacial score (nSPS) is 22.7. The lowest BCUT2D eigenvalue weighted by Gasteiger charge is -2.34. The molecule has 0 spiro atoms. The summed E-state index contributed by atoms with van der Waals surface area (Å²) in [5.74, 6) is 0.353. The number of nitrogens with one attached hydrogen (secondary N) is 1. The highest BCUT2D eigenvalue weighted by atomic mass is 35.5. The van der Waals surface area contributed by atoms with Crippen molar-refractivity contribution in [2.75, 3.05) is 19.6 Å². The van der Waals surface area contributed by atoms with Crippen LogP contribution in [0.4, 0.5) is 0 Å². The largest absolute Gasteiger partial charge is 0.348 e. The average molecular weight is 390 g/mol. The van der Waals surface area contributed by atoms with Gasteiger partial charge in [-0.1, -0.05) is 19.9 Å². The quantitative estimate of drug-likeness (QED) is 0.803. The number of rotatable bonds is 5. The van der Waals surface area contributed by atoms with Crippen LogP contribution in [0, 0.1) is 11.8 Å². The van der Waals surface area contributed by atoms with E-state index in [0.717, 1.165) is 6.42 Å². The Morgan fingerprint density at radius 3 is 2.48 bits per heavy atom. The van der Waals surface area contributed by atoms with Crippen LogP contribution >= 0.6 is 12.4 Å². The Morgan fingerprint density at radius 2 is 1.92 bits per heavy atom. The number of nitrogens with zero attached hydrogens (tertiary/aromatic N) is 1. The van der Waals surface area contributed by atoms with Gasteiger partial charge < -0.3 is 11.1 Å². The molecule has 3 atom stereocenters. The summed E-state index contributed by atoms with van der Waals surface area (Å²) < 4.78 is 27.3. The fourth-order valence-electron chi connectivity index (χ4n) is 3.11. The van der Waals surface area contributed by atoms with E-state index in [1.54, 1.807) is 25.1 Å². The molecule has 1 amide bonds. The van der Waals surface area contributed by atoms with Gasteiger partial charge in [-0.3, -0.25) is 4.79 Å². The van der Waals surface area contributed by atoms with E-state index in [-0.39, 0.29) is 29.3 Å². The van der Waals surface area contributed by atoms with Crippen LogP contribution in [0.3, 0.4) is 0 Å². The van der Waals surface area contributed by atoms with E-state index in [9.17, 15) is 13.2 Å². The van der Waals surface area contributed by atoms with E-state index in [1.165, 1.54) is 10.4 Å². The fourth-order valence-corrected chi connectivity index (χ4v) is 4.84. The molecule has 0 aromatic heterocycles. The minimum atomic E-state index is -3.59. The van der Waals surface area contributed by atoms with E-state index in [0.29, 0.717) is 37.0 Å². The minimum Gasteiger partial charge on any atom is -0.348 e. The smallest absolute Gasteiger partial charge is 0.251 e. The minimum absolute atomic E-state index is 0. The summed E-state index contributed by atoms with van der Waals surface area (Å²) in [6, 6.07) is 6.03. The van der Waals surface area contributed by atoms with E-state index < -0.39 is 10.0 Å². The van der Waals surface area contributed by atoms with Crippen LogP contribution in [-0.4, -0.2) is 44.3 Å². The van der Waals surface area contributed by atoms with Crippen LogP contribution in [0.1, 0.15) is 37.6 Å². The summed E-state index contributed by atoms with van der Waals surface area (Å²) in [6.07, 6.45) is 1.03. The number of hydrogen-bond donors (Lipinski definition) is 2. The number of nitrogens with two attached hydrogens (primary N) is 1. The molecule has 1 aliphatic rings. The Hall–Kier alpha value is -1.15. The maximum Gasteiger partial charge on any atom is 0.251 e. The van der Waals surface area contributed by atoms with Crippen LogP contribution in [-0.2, 0) is 10.0 Å². The van der Waals surface area contributed by atoms with Gasteiger partial charge in [0, 0.05) is 31.2 Å². The molecule has 25 heavy (non-hydrogen) atoms. The SMILES string of the molecule is CC1CC(C)CN(S(=O)(=O)c2cccc(C(=O)N[C@@H](C)CN)c2)C1.Cl. The van der Waals surface area contributed by atoms with Gasteiger partial charge in [0.1, 0.15) is 0 Å². The summed E-state index contributed by atoms with van der Waals surface area (Å²) in [4.78, 5) is 12.4. The fraction of sp³-hybridized carbons (Fsp3) is 0.588. The predicted molar refractivity (Wildman–Crippen MR) is 101 cm³/mol. The van der Waals surface area contributed by atoms with Gasteiger partial charge >= 0.3 is 0 Å². The first-order chi connectivity index (χ1) is 11.2. The van der Waals surface area contributed by atoms with Crippen molar-refractivity contribution in [1.82, 2.24) is 9.62 Å². The third-order valence-electron chi connectivity index (χ3n) is 4.30. The number of carbonyl (C=O) groups excluding carboxylic acids is 1. The highest BCUT2D eigenvalue weighted by molar-refractivity contribution is 7.89. The van der Waals surface area contributed by atoms with Crippen molar-refractivity contribution >= 4 is 28.3 Å². The van der Waals surface area contributed by atoms with Crippen molar-refractivity contribution < 1.29 is 13.2 Å². The lowest BCUT2D eigenvalue weighted by Crippen LogP contribution is -2.42. The number of sulfonamides is 1. The van der Waals surface area contributed by atoms with Gasteiger partial charge in [0.2, 0.25) is 10.0 Å². The molecule has 1 saturated heterocycles. The van der Waals surface area contributed by atoms with Gasteiger partial charge in [0.15, 0.2) is 0 Å². The van der Waals surface area contributed by atoms with E-state index in [4.69, 9.17) is 5.73 Å². The molecule has 1 aromatic carbocycles.